The van der Waals surface area contributed by atoms with E-state index in [0.29, 0.717) is 23.9 Å². The summed E-state index contributed by atoms with van der Waals surface area (Å²) in [7, 11) is 1.61. The van der Waals surface area contributed by atoms with Crippen molar-refractivity contribution in [3.63, 3.8) is 0 Å². The number of ether oxygens (including phenoxy) is 1. The van der Waals surface area contributed by atoms with Crippen LogP contribution < -0.4 is 11.3 Å². The molecule has 0 radical (unpaired) electrons. The molecule has 0 aliphatic heterocycles. The summed E-state index contributed by atoms with van der Waals surface area (Å²) in [5, 5.41) is 0. The molecule has 94 valence electrons. The Morgan fingerprint density at radius 3 is 2.78 bits per heavy atom. The van der Waals surface area contributed by atoms with Gasteiger partial charge < -0.3 is 10.2 Å². The van der Waals surface area contributed by atoms with Crippen molar-refractivity contribution in [3.05, 3.63) is 35.7 Å². The fourth-order valence-electron chi connectivity index (χ4n) is 1.51. The van der Waals surface area contributed by atoms with Gasteiger partial charge in [0.05, 0.1) is 12.3 Å². The maximum atomic E-state index is 5.38. The van der Waals surface area contributed by atoms with Crippen LogP contribution in [0.2, 0.25) is 0 Å². The van der Waals surface area contributed by atoms with Gasteiger partial charge in [0.2, 0.25) is 0 Å². The molecule has 0 saturated heterocycles. The van der Waals surface area contributed by atoms with Gasteiger partial charge in [-0.1, -0.05) is 6.07 Å². The number of pyridine rings is 1. The average molecular weight is 245 g/mol. The van der Waals surface area contributed by atoms with Gasteiger partial charge in [0.1, 0.15) is 11.5 Å². The van der Waals surface area contributed by atoms with Gasteiger partial charge in [-0.3, -0.25) is 4.98 Å². The third-order valence-electron chi connectivity index (χ3n) is 2.36. The second-order valence-electron chi connectivity index (χ2n) is 3.87. The zero-order valence-corrected chi connectivity index (χ0v) is 10.3. The summed E-state index contributed by atoms with van der Waals surface area (Å²) in [6.45, 7) is 2.38. The Balaban J connectivity index is 2.42. The van der Waals surface area contributed by atoms with Crippen LogP contribution in [0.1, 0.15) is 11.3 Å². The summed E-state index contributed by atoms with van der Waals surface area (Å²) in [4.78, 5) is 12.9. The molecule has 0 fully saturated rings. The van der Waals surface area contributed by atoms with Crippen LogP contribution in [0, 0.1) is 6.92 Å². The molecular formula is C12H15N5O. The van der Waals surface area contributed by atoms with E-state index in [9.17, 15) is 0 Å². The van der Waals surface area contributed by atoms with E-state index in [4.69, 9.17) is 10.6 Å². The van der Waals surface area contributed by atoms with E-state index >= 15 is 0 Å². The smallest absolute Gasteiger partial charge is 0.180 e. The normalized spacial score (nSPS) is 10.4. The van der Waals surface area contributed by atoms with E-state index in [-0.39, 0.29) is 0 Å². The highest BCUT2D eigenvalue weighted by atomic mass is 16.5. The lowest BCUT2D eigenvalue weighted by Gasteiger charge is -2.06. The van der Waals surface area contributed by atoms with Crippen molar-refractivity contribution in [2.75, 3.05) is 12.5 Å². The first-order valence-corrected chi connectivity index (χ1v) is 5.49. The molecule has 0 saturated carbocycles. The van der Waals surface area contributed by atoms with E-state index in [1.165, 1.54) is 0 Å². The van der Waals surface area contributed by atoms with Crippen molar-refractivity contribution in [1.82, 2.24) is 15.0 Å². The number of nitrogen functional groups attached to an aromatic ring is 1. The predicted molar refractivity (Wildman–Crippen MR) is 68.5 cm³/mol. The van der Waals surface area contributed by atoms with Gasteiger partial charge >= 0.3 is 0 Å². The molecule has 6 heteroatoms. The van der Waals surface area contributed by atoms with E-state index < -0.39 is 0 Å². The quantitative estimate of drug-likeness (QED) is 0.623. The van der Waals surface area contributed by atoms with Crippen LogP contribution in [-0.4, -0.2) is 22.1 Å². The summed E-state index contributed by atoms with van der Waals surface area (Å²) >= 11 is 0. The third-order valence-corrected chi connectivity index (χ3v) is 2.36. The zero-order chi connectivity index (χ0) is 13.0. The third kappa shape index (κ3) is 2.79. The highest BCUT2D eigenvalue weighted by Gasteiger charge is 2.07. The fourth-order valence-corrected chi connectivity index (χ4v) is 1.51. The van der Waals surface area contributed by atoms with Gasteiger partial charge in [0.15, 0.2) is 5.82 Å². The second-order valence-corrected chi connectivity index (χ2v) is 3.87. The zero-order valence-electron chi connectivity index (χ0n) is 10.3. The molecule has 0 aliphatic carbocycles. The lowest BCUT2D eigenvalue weighted by Crippen LogP contribution is -2.11. The predicted octanol–water partition coefficient (Wildman–Crippen LogP) is 1.28. The highest BCUT2D eigenvalue weighted by molar-refractivity contribution is 5.53. The van der Waals surface area contributed by atoms with Gasteiger partial charge in [-0.05, 0) is 18.6 Å². The number of hydrogen-bond donors (Lipinski definition) is 2. The average Bonchev–Trinajstić information content (AvgIpc) is 2.39. The number of nitrogens with two attached hydrogens (primary N) is 1. The molecule has 0 bridgehead atoms. The number of nitrogens with zero attached hydrogens (tertiary/aromatic N) is 3. The summed E-state index contributed by atoms with van der Waals surface area (Å²) in [6, 6.07) is 5.58. The molecule has 6 nitrogen and oxygen atoms in total. The first kappa shape index (κ1) is 12.4. The van der Waals surface area contributed by atoms with E-state index in [1.54, 1.807) is 19.4 Å². The molecule has 18 heavy (non-hydrogen) atoms. The van der Waals surface area contributed by atoms with Crippen LogP contribution in [0.15, 0.2) is 24.4 Å². The molecule has 0 aliphatic rings. The van der Waals surface area contributed by atoms with Gasteiger partial charge in [-0.25, -0.2) is 15.8 Å². The molecule has 2 aromatic rings. The number of methoxy groups -OCH3 is 1. The Bertz CT molecular complexity index is 526. The summed E-state index contributed by atoms with van der Waals surface area (Å²) in [5.74, 6) is 6.45. The Hall–Kier alpha value is -2.05. The van der Waals surface area contributed by atoms with Crippen molar-refractivity contribution >= 4 is 5.82 Å². The van der Waals surface area contributed by atoms with Crippen LogP contribution in [0.4, 0.5) is 5.82 Å². The molecule has 0 atom stereocenters. The molecule has 0 amide bonds. The van der Waals surface area contributed by atoms with Crippen LogP contribution in [0.3, 0.4) is 0 Å². The molecule has 0 spiro atoms. The maximum absolute atomic E-state index is 5.38. The molecule has 0 unspecified atom stereocenters. The van der Waals surface area contributed by atoms with Gasteiger partial charge in [-0.15, -0.1) is 0 Å². The molecule has 3 N–H and O–H groups in total. The minimum atomic E-state index is 0.399. The number of hydrogen-bond acceptors (Lipinski definition) is 6. The molecule has 2 rings (SSSR count). The van der Waals surface area contributed by atoms with Crippen LogP contribution >= 0.6 is 0 Å². The standard InChI is InChI=1S/C12H15N5O/c1-8-3-4-10(14-6-8)12-15-9(7-18-2)5-11(16-12)17-13/h3-6H,7,13H2,1-2H3,(H,15,16,17). The number of nitrogens with one attached hydrogen (secondary N) is 1. The van der Waals surface area contributed by atoms with Gasteiger partial charge in [0, 0.05) is 19.4 Å². The molecule has 2 aromatic heterocycles. The fraction of sp³-hybridized carbons (Fsp3) is 0.250. The Morgan fingerprint density at radius 2 is 2.17 bits per heavy atom. The summed E-state index contributed by atoms with van der Waals surface area (Å²) in [6.07, 6.45) is 1.78. The van der Waals surface area contributed by atoms with Crippen molar-refractivity contribution in [2.45, 2.75) is 13.5 Å². The van der Waals surface area contributed by atoms with Crippen molar-refractivity contribution < 1.29 is 4.74 Å². The maximum Gasteiger partial charge on any atom is 0.180 e. The first-order chi connectivity index (χ1) is 8.72. The van der Waals surface area contributed by atoms with Crippen molar-refractivity contribution in [3.8, 4) is 11.5 Å². The largest absolute Gasteiger partial charge is 0.378 e. The lowest BCUT2D eigenvalue weighted by atomic mass is 10.2. The SMILES string of the molecule is COCc1cc(NN)nc(-c2ccc(C)cn2)n1. The minimum Gasteiger partial charge on any atom is -0.378 e. The number of rotatable bonds is 4. The summed E-state index contributed by atoms with van der Waals surface area (Å²) < 4.78 is 5.06. The minimum absolute atomic E-state index is 0.399. The van der Waals surface area contributed by atoms with Gasteiger partial charge in [0.25, 0.3) is 0 Å². The second kappa shape index (κ2) is 5.52. The number of hydrazine groups is 1. The number of aromatic nitrogens is 3. The monoisotopic (exact) mass is 245 g/mol. The first-order valence-electron chi connectivity index (χ1n) is 5.49. The van der Waals surface area contributed by atoms with Crippen LogP contribution in [-0.2, 0) is 11.3 Å². The lowest BCUT2D eigenvalue weighted by molar-refractivity contribution is 0.181. The molecule has 0 aromatic carbocycles. The van der Waals surface area contributed by atoms with E-state index in [0.717, 1.165) is 11.3 Å². The Morgan fingerprint density at radius 1 is 1.33 bits per heavy atom. The van der Waals surface area contributed by atoms with E-state index in [1.807, 2.05) is 19.1 Å². The van der Waals surface area contributed by atoms with Crippen molar-refractivity contribution in [1.29, 1.82) is 0 Å². The molecular weight excluding hydrogens is 230 g/mol. The number of anilines is 1. The Labute approximate surface area is 105 Å². The molecule has 2 heterocycles. The Kier molecular flexibility index (Phi) is 3.81. The van der Waals surface area contributed by atoms with Crippen LogP contribution in [0.5, 0.6) is 0 Å². The van der Waals surface area contributed by atoms with Crippen molar-refractivity contribution in [2.24, 2.45) is 5.84 Å². The summed E-state index contributed by atoms with van der Waals surface area (Å²) in [5.41, 5.74) is 5.05. The van der Waals surface area contributed by atoms with Crippen LogP contribution in [0.25, 0.3) is 11.5 Å². The van der Waals surface area contributed by atoms with Gasteiger partial charge in [-0.2, -0.15) is 0 Å². The van der Waals surface area contributed by atoms with E-state index in [2.05, 4.69) is 20.4 Å². The highest BCUT2D eigenvalue weighted by Crippen LogP contribution is 2.16. The number of aryl methyl sites for hydroxylation is 1. The topological polar surface area (TPSA) is 86.0 Å².